The first kappa shape index (κ1) is 18.5. The number of nitrogens with zero attached hydrogens (tertiary/aromatic N) is 2. The molecule has 0 radical (unpaired) electrons. The Hall–Kier alpha value is -2.30. The SMILES string of the molecule is CC[C@H](C)Nc1nc(Nc2ccc(Cl)c(Cl)c2)cc(-c2ccccc2)n1. The summed E-state index contributed by atoms with van der Waals surface area (Å²) in [7, 11) is 0. The largest absolute Gasteiger partial charge is 0.352 e. The van der Waals surface area contributed by atoms with Gasteiger partial charge in [0, 0.05) is 23.4 Å². The summed E-state index contributed by atoms with van der Waals surface area (Å²) in [5.74, 6) is 1.27. The maximum absolute atomic E-state index is 6.11. The van der Waals surface area contributed by atoms with E-state index in [-0.39, 0.29) is 6.04 Å². The summed E-state index contributed by atoms with van der Waals surface area (Å²) in [6.45, 7) is 4.22. The van der Waals surface area contributed by atoms with E-state index in [1.54, 1.807) is 12.1 Å². The van der Waals surface area contributed by atoms with E-state index in [1.807, 2.05) is 42.5 Å². The Labute approximate surface area is 163 Å². The molecule has 0 saturated heterocycles. The van der Waals surface area contributed by atoms with E-state index in [4.69, 9.17) is 23.2 Å². The van der Waals surface area contributed by atoms with Crippen molar-refractivity contribution in [2.24, 2.45) is 0 Å². The molecule has 1 heterocycles. The molecule has 3 rings (SSSR count). The van der Waals surface area contributed by atoms with Crippen LogP contribution in [0.5, 0.6) is 0 Å². The predicted octanol–water partition coefficient (Wildman–Crippen LogP) is 6.40. The quantitative estimate of drug-likeness (QED) is 0.514. The normalized spacial score (nSPS) is 11.8. The number of halogens is 2. The minimum atomic E-state index is 0.277. The Morgan fingerprint density at radius 3 is 2.42 bits per heavy atom. The summed E-state index contributed by atoms with van der Waals surface area (Å²) in [5, 5.41) is 7.63. The Morgan fingerprint density at radius 2 is 1.73 bits per heavy atom. The molecule has 0 unspecified atom stereocenters. The number of anilines is 3. The van der Waals surface area contributed by atoms with Crippen molar-refractivity contribution in [2.45, 2.75) is 26.3 Å². The van der Waals surface area contributed by atoms with Crippen LogP contribution < -0.4 is 10.6 Å². The lowest BCUT2D eigenvalue weighted by atomic mass is 10.1. The molecule has 0 fully saturated rings. The number of benzene rings is 2. The molecular weight excluding hydrogens is 367 g/mol. The third-order valence-corrected chi connectivity index (χ3v) is 4.71. The molecule has 0 spiro atoms. The molecule has 2 N–H and O–H groups in total. The first-order valence-electron chi connectivity index (χ1n) is 8.48. The lowest BCUT2D eigenvalue weighted by Crippen LogP contribution is -2.16. The topological polar surface area (TPSA) is 49.8 Å². The van der Waals surface area contributed by atoms with Crippen molar-refractivity contribution in [1.29, 1.82) is 0 Å². The van der Waals surface area contributed by atoms with Gasteiger partial charge in [0.2, 0.25) is 5.95 Å². The highest BCUT2D eigenvalue weighted by atomic mass is 35.5. The van der Waals surface area contributed by atoms with E-state index in [0.717, 1.165) is 23.4 Å². The van der Waals surface area contributed by atoms with E-state index >= 15 is 0 Å². The molecule has 0 saturated carbocycles. The highest BCUT2D eigenvalue weighted by molar-refractivity contribution is 6.42. The van der Waals surface area contributed by atoms with Crippen LogP contribution >= 0.6 is 23.2 Å². The van der Waals surface area contributed by atoms with E-state index in [0.29, 0.717) is 21.8 Å². The zero-order valence-electron chi connectivity index (χ0n) is 14.6. The fourth-order valence-corrected chi connectivity index (χ4v) is 2.67. The minimum Gasteiger partial charge on any atom is -0.352 e. The standard InChI is InChI=1S/C20H20Cl2N4/c1-3-13(2)23-20-25-18(14-7-5-4-6-8-14)12-19(26-20)24-15-9-10-16(21)17(22)11-15/h4-13H,3H2,1-2H3,(H2,23,24,25,26)/t13-/m0/s1. The van der Waals surface area contributed by atoms with Crippen LogP contribution in [0, 0.1) is 0 Å². The van der Waals surface area contributed by atoms with Gasteiger partial charge in [0.1, 0.15) is 5.82 Å². The van der Waals surface area contributed by atoms with Gasteiger partial charge in [-0.3, -0.25) is 0 Å². The van der Waals surface area contributed by atoms with Crippen molar-refractivity contribution in [3.8, 4) is 11.3 Å². The minimum absolute atomic E-state index is 0.277. The van der Waals surface area contributed by atoms with Crippen molar-refractivity contribution in [3.05, 3.63) is 64.6 Å². The Kier molecular flexibility index (Phi) is 5.96. The van der Waals surface area contributed by atoms with Crippen molar-refractivity contribution < 1.29 is 0 Å². The predicted molar refractivity (Wildman–Crippen MR) is 111 cm³/mol. The summed E-state index contributed by atoms with van der Waals surface area (Å²) in [5.41, 5.74) is 2.68. The monoisotopic (exact) mass is 386 g/mol. The average molecular weight is 387 g/mol. The highest BCUT2D eigenvalue weighted by Crippen LogP contribution is 2.28. The van der Waals surface area contributed by atoms with Crippen LogP contribution in [-0.4, -0.2) is 16.0 Å². The van der Waals surface area contributed by atoms with Crippen molar-refractivity contribution in [1.82, 2.24) is 9.97 Å². The van der Waals surface area contributed by atoms with Crippen LogP contribution in [0.1, 0.15) is 20.3 Å². The van der Waals surface area contributed by atoms with Crippen LogP contribution in [-0.2, 0) is 0 Å². The Morgan fingerprint density at radius 1 is 0.962 bits per heavy atom. The molecule has 4 nitrogen and oxygen atoms in total. The second-order valence-corrected chi connectivity index (χ2v) is 6.85. The van der Waals surface area contributed by atoms with Crippen LogP contribution in [0.25, 0.3) is 11.3 Å². The molecule has 1 atom stereocenters. The molecule has 0 amide bonds. The van der Waals surface area contributed by atoms with Gasteiger partial charge in [-0.2, -0.15) is 4.98 Å². The fourth-order valence-electron chi connectivity index (χ4n) is 2.38. The second-order valence-electron chi connectivity index (χ2n) is 6.04. The van der Waals surface area contributed by atoms with Gasteiger partial charge in [0.05, 0.1) is 15.7 Å². The molecule has 1 aromatic heterocycles. The van der Waals surface area contributed by atoms with Gasteiger partial charge >= 0.3 is 0 Å². The zero-order chi connectivity index (χ0) is 18.5. The van der Waals surface area contributed by atoms with Gasteiger partial charge < -0.3 is 10.6 Å². The molecular formula is C20H20Cl2N4. The maximum Gasteiger partial charge on any atom is 0.225 e. The smallest absolute Gasteiger partial charge is 0.225 e. The molecule has 0 aliphatic heterocycles. The van der Waals surface area contributed by atoms with E-state index < -0.39 is 0 Å². The second kappa shape index (κ2) is 8.39. The van der Waals surface area contributed by atoms with Crippen molar-refractivity contribution >= 4 is 40.7 Å². The Balaban J connectivity index is 1.97. The summed E-state index contributed by atoms with van der Waals surface area (Å²) < 4.78 is 0. The van der Waals surface area contributed by atoms with Crippen LogP contribution in [0.15, 0.2) is 54.6 Å². The molecule has 2 aromatic carbocycles. The van der Waals surface area contributed by atoms with Crippen LogP contribution in [0.2, 0.25) is 10.0 Å². The van der Waals surface area contributed by atoms with Gasteiger partial charge in [-0.25, -0.2) is 4.98 Å². The lowest BCUT2D eigenvalue weighted by molar-refractivity contribution is 0.753. The van der Waals surface area contributed by atoms with Gasteiger partial charge in [-0.15, -0.1) is 0 Å². The summed E-state index contributed by atoms with van der Waals surface area (Å²) in [4.78, 5) is 9.24. The number of nitrogens with one attached hydrogen (secondary N) is 2. The van der Waals surface area contributed by atoms with Crippen LogP contribution in [0.4, 0.5) is 17.5 Å². The van der Waals surface area contributed by atoms with Crippen LogP contribution in [0.3, 0.4) is 0 Å². The van der Waals surface area contributed by atoms with Gasteiger partial charge in [0.25, 0.3) is 0 Å². The van der Waals surface area contributed by atoms with E-state index in [1.165, 1.54) is 0 Å². The van der Waals surface area contributed by atoms with Gasteiger partial charge in [0.15, 0.2) is 0 Å². The first-order valence-corrected chi connectivity index (χ1v) is 9.24. The molecule has 3 aromatic rings. The zero-order valence-corrected chi connectivity index (χ0v) is 16.1. The molecule has 0 aliphatic carbocycles. The lowest BCUT2D eigenvalue weighted by Gasteiger charge is -2.15. The molecule has 134 valence electrons. The maximum atomic E-state index is 6.11. The third-order valence-electron chi connectivity index (χ3n) is 3.98. The molecule has 0 bridgehead atoms. The number of rotatable bonds is 6. The van der Waals surface area contributed by atoms with Gasteiger partial charge in [-0.05, 0) is 31.5 Å². The highest BCUT2D eigenvalue weighted by Gasteiger charge is 2.09. The Bertz CT molecular complexity index is 884. The number of hydrogen-bond donors (Lipinski definition) is 2. The van der Waals surface area contributed by atoms with Gasteiger partial charge in [-0.1, -0.05) is 60.5 Å². The molecule has 26 heavy (non-hydrogen) atoms. The summed E-state index contributed by atoms with van der Waals surface area (Å²) >= 11 is 12.1. The fraction of sp³-hybridized carbons (Fsp3) is 0.200. The van der Waals surface area contributed by atoms with Crippen molar-refractivity contribution in [3.63, 3.8) is 0 Å². The summed E-state index contributed by atoms with van der Waals surface area (Å²) in [6.07, 6.45) is 0.981. The van der Waals surface area contributed by atoms with Crippen molar-refractivity contribution in [2.75, 3.05) is 10.6 Å². The number of hydrogen-bond acceptors (Lipinski definition) is 4. The first-order chi connectivity index (χ1) is 12.5. The summed E-state index contributed by atoms with van der Waals surface area (Å²) in [6, 6.07) is 17.6. The van der Waals surface area contributed by atoms with E-state index in [9.17, 15) is 0 Å². The average Bonchev–Trinajstić information content (AvgIpc) is 2.65. The molecule has 6 heteroatoms. The number of aromatic nitrogens is 2. The third kappa shape index (κ3) is 4.65. The molecule has 0 aliphatic rings. The van der Waals surface area contributed by atoms with E-state index in [2.05, 4.69) is 34.4 Å².